The van der Waals surface area contributed by atoms with Gasteiger partial charge >= 0.3 is 12.0 Å². The third kappa shape index (κ3) is 4.98. The summed E-state index contributed by atoms with van der Waals surface area (Å²) >= 11 is 0. The molecule has 0 bridgehead atoms. The number of nitriles is 1. The zero-order chi connectivity index (χ0) is 15.0. The number of benzene rings is 1. The maximum Gasteiger partial charge on any atom is 0.326 e. The number of hydrogen-bond donors (Lipinski definition) is 2. The van der Waals surface area contributed by atoms with Crippen LogP contribution in [-0.4, -0.2) is 41.6 Å². The fourth-order valence-electron chi connectivity index (χ4n) is 1.63. The molecule has 0 aliphatic rings. The lowest BCUT2D eigenvalue weighted by atomic mass is 10.1. The van der Waals surface area contributed by atoms with Crippen LogP contribution in [0.15, 0.2) is 30.3 Å². The highest BCUT2D eigenvalue weighted by Gasteiger charge is 2.21. The third-order valence-electron chi connectivity index (χ3n) is 2.78. The van der Waals surface area contributed by atoms with Gasteiger partial charge in [-0.15, -0.1) is 0 Å². The molecule has 0 saturated heterocycles. The predicted octanol–water partition coefficient (Wildman–Crippen LogP) is 1.24. The van der Waals surface area contributed by atoms with Crippen molar-refractivity contribution in [1.82, 2.24) is 10.2 Å². The minimum absolute atomic E-state index is 0.209. The topological polar surface area (TPSA) is 93.4 Å². The molecule has 0 saturated carbocycles. The maximum atomic E-state index is 11.8. The molecule has 0 heterocycles. The Bertz CT molecular complexity index is 496. The molecule has 6 heteroatoms. The van der Waals surface area contributed by atoms with Crippen LogP contribution in [0.25, 0.3) is 0 Å². The SMILES string of the molecule is CN(CCC#N)C(=O)N[C@H](Cc1ccccc1)C(=O)O. The maximum absolute atomic E-state index is 11.8. The molecular formula is C14H17N3O3. The molecule has 0 unspecified atom stereocenters. The Morgan fingerprint density at radius 3 is 2.60 bits per heavy atom. The minimum atomic E-state index is -1.09. The Kier molecular flexibility index (Phi) is 6.04. The summed E-state index contributed by atoms with van der Waals surface area (Å²) in [6, 6.07) is 9.53. The van der Waals surface area contributed by atoms with Crippen molar-refractivity contribution in [2.75, 3.05) is 13.6 Å². The van der Waals surface area contributed by atoms with Gasteiger partial charge in [0, 0.05) is 20.0 Å². The molecule has 1 aromatic carbocycles. The van der Waals surface area contributed by atoms with Crippen LogP contribution in [0.1, 0.15) is 12.0 Å². The summed E-state index contributed by atoms with van der Waals surface area (Å²) in [7, 11) is 1.52. The Labute approximate surface area is 117 Å². The van der Waals surface area contributed by atoms with Crippen LogP contribution in [0.4, 0.5) is 4.79 Å². The van der Waals surface area contributed by atoms with Gasteiger partial charge in [-0.2, -0.15) is 5.26 Å². The van der Waals surface area contributed by atoms with E-state index in [4.69, 9.17) is 10.4 Å². The van der Waals surface area contributed by atoms with E-state index < -0.39 is 18.0 Å². The first-order valence-corrected chi connectivity index (χ1v) is 6.20. The predicted molar refractivity (Wildman–Crippen MR) is 73.0 cm³/mol. The van der Waals surface area contributed by atoms with Gasteiger partial charge in [-0.05, 0) is 5.56 Å². The summed E-state index contributed by atoms with van der Waals surface area (Å²) in [6.45, 7) is 0.264. The van der Waals surface area contributed by atoms with E-state index in [-0.39, 0.29) is 19.4 Å². The number of urea groups is 1. The van der Waals surface area contributed by atoms with Crippen LogP contribution in [0, 0.1) is 11.3 Å². The molecule has 106 valence electrons. The number of carbonyl (C=O) groups excluding carboxylic acids is 1. The van der Waals surface area contributed by atoms with Gasteiger partial charge in [0.2, 0.25) is 0 Å². The standard InChI is InChI=1S/C14H17N3O3/c1-17(9-5-8-15)14(20)16-12(13(18)19)10-11-6-3-2-4-7-11/h2-4,6-7,12H,5,9-10H2,1H3,(H,16,20)(H,18,19)/t12-/m1/s1. The number of nitrogens with zero attached hydrogens (tertiary/aromatic N) is 2. The van der Waals surface area contributed by atoms with E-state index >= 15 is 0 Å². The first kappa shape index (κ1) is 15.5. The highest BCUT2D eigenvalue weighted by molar-refractivity contribution is 5.82. The molecule has 6 nitrogen and oxygen atoms in total. The van der Waals surface area contributed by atoms with Crippen LogP contribution in [0.2, 0.25) is 0 Å². The van der Waals surface area contributed by atoms with Crippen LogP contribution in [0.3, 0.4) is 0 Å². The number of hydrogen-bond acceptors (Lipinski definition) is 3. The molecule has 0 aliphatic carbocycles. The Balaban J connectivity index is 2.62. The van der Waals surface area contributed by atoms with Crippen LogP contribution in [-0.2, 0) is 11.2 Å². The molecule has 1 atom stereocenters. The number of carboxylic acids is 1. The molecule has 0 aromatic heterocycles. The summed E-state index contributed by atoms with van der Waals surface area (Å²) in [5.74, 6) is -1.09. The fraction of sp³-hybridized carbons (Fsp3) is 0.357. The van der Waals surface area contributed by atoms with Gasteiger partial charge in [-0.3, -0.25) is 0 Å². The van der Waals surface area contributed by atoms with Crippen molar-refractivity contribution in [2.45, 2.75) is 18.9 Å². The molecule has 2 N–H and O–H groups in total. The molecule has 0 fully saturated rings. The van der Waals surface area contributed by atoms with Crippen molar-refractivity contribution in [3.05, 3.63) is 35.9 Å². The molecule has 0 aliphatic heterocycles. The summed E-state index contributed by atoms with van der Waals surface area (Å²) in [6.07, 6.45) is 0.425. The zero-order valence-electron chi connectivity index (χ0n) is 11.2. The quantitative estimate of drug-likeness (QED) is 0.816. The summed E-state index contributed by atoms with van der Waals surface area (Å²) < 4.78 is 0. The largest absolute Gasteiger partial charge is 0.480 e. The highest BCUT2D eigenvalue weighted by Crippen LogP contribution is 2.04. The number of amides is 2. The number of aliphatic carboxylic acids is 1. The average molecular weight is 275 g/mol. The number of carboxylic acid groups (broad SMARTS) is 1. The third-order valence-corrected chi connectivity index (χ3v) is 2.78. The van der Waals surface area contributed by atoms with Crippen molar-refractivity contribution in [2.24, 2.45) is 0 Å². The van der Waals surface area contributed by atoms with Gasteiger partial charge in [0.15, 0.2) is 0 Å². The summed E-state index contributed by atoms with van der Waals surface area (Å²) in [5, 5.41) is 20.1. The normalized spacial score (nSPS) is 11.2. The van der Waals surface area contributed by atoms with Crippen molar-refractivity contribution in [3.8, 4) is 6.07 Å². The van der Waals surface area contributed by atoms with E-state index in [0.29, 0.717) is 0 Å². The van der Waals surface area contributed by atoms with Gasteiger partial charge in [0.1, 0.15) is 6.04 Å². The van der Waals surface area contributed by atoms with Crippen molar-refractivity contribution < 1.29 is 14.7 Å². The van der Waals surface area contributed by atoms with Crippen molar-refractivity contribution >= 4 is 12.0 Å². The van der Waals surface area contributed by atoms with E-state index in [1.54, 1.807) is 0 Å². The molecule has 0 radical (unpaired) electrons. The van der Waals surface area contributed by atoms with E-state index in [0.717, 1.165) is 5.56 Å². The summed E-state index contributed by atoms with van der Waals surface area (Å²) in [5.41, 5.74) is 0.833. The van der Waals surface area contributed by atoms with Gasteiger partial charge in [0.05, 0.1) is 12.5 Å². The lowest BCUT2D eigenvalue weighted by Crippen LogP contribution is -2.47. The van der Waals surface area contributed by atoms with E-state index in [1.807, 2.05) is 36.4 Å². The van der Waals surface area contributed by atoms with Gasteiger partial charge < -0.3 is 15.3 Å². The summed E-state index contributed by atoms with van der Waals surface area (Å²) in [4.78, 5) is 24.3. The number of carbonyl (C=O) groups is 2. The van der Waals surface area contributed by atoms with E-state index in [9.17, 15) is 9.59 Å². The van der Waals surface area contributed by atoms with Gasteiger partial charge in [-0.1, -0.05) is 30.3 Å². The molecule has 0 spiro atoms. The monoisotopic (exact) mass is 275 g/mol. The van der Waals surface area contributed by atoms with Crippen molar-refractivity contribution in [1.29, 1.82) is 5.26 Å². The molecular weight excluding hydrogens is 258 g/mol. The second kappa shape index (κ2) is 7.79. The Morgan fingerprint density at radius 1 is 1.40 bits per heavy atom. The first-order chi connectivity index (χ1) is 9.54. The first-order valence-electron chi connectivity index (χ1n) is 6.20. The van der Waals surface area contributed by atoms with Gasteiger partial charge in [-0.25, -0.2) is 9.59 Å². The molecule has 20 heavy (non-hydrogen) atoms. The number of rotatable bonds is 6. The second-order valence-electron chi connectivity index (χ2n) is 4.36. The molecule has 2 amide bonds. The molecule has 1 aromatic rings. The zero-order valence-corrected chi connectivity index (χ0v) is 11.2. The Hall–Kier alpha value is -2.55. The van der Waals surface area contributed by atoms with Crippen LogP contribution < -0.4 is 5.32 Å². The van der Waals surface area contributed by atoms with Crippen molar-refractivity contribution in [3.63, 3.8) is 0 Å². The number of nitrogens with one attached hydrogen (secondary N) is 1. The highest BCUT2D eigenvalue weighted by atomic mass is 16.4. The Morgan fingerprint density at radius 2 is 2.05 bits per heavy atom. The van der Waals surface area contributed by atoms with E-state index in [2.05, 4.69) is 5.32 Å². The van der Waals surface area contributed by atoms with Crippen LogP contribution in [0.5, 0.6) is 0 Å². The van der Waals surface area contributed by atoms with Gasteiger partial charge in [0.25, 0.3) is 0 Å². The lowest BCUT2D eigenvalue weighted by molar-refractivity contribution is -0.139. The fourth-order valence-corrected chi connectivity index (χ4v) is 1.63. The molecule has 1 rings (SSSR count). The smallest absolute Gasteiger partial charge is 0.326 e. The van der Waals surface area contributed by atoms with E-state index in [1.165, 1.54) is 11.9 Å². The van der Waals surface area contributed by atoms with Crippen LogP contribution >= 0.6 is 0 Å². The average Bonchev–Trinajstić information content (AvgIpc) is 2.44. The lowest BCUT2D eigenvalue weighted by Gasteiger charge is -2.20. The minimum Gasteiger partial charge on any atom is -0.480 e. The second-order valence-corrected chi connectivity index (χ2v) is 4.36.